The largest absolute Gasteiger partial charge is 0.330 e. The maximum atomic E-state index is 12.3. The number of rotatable bonds is 2. The number of anilines is 1. The molecular formula is C14H11Cl2N3O3S. The number of hydrogen-bond donors (Lipinski definition) is 1. The van der Waals surface area contributed by atoms with E-state index in [2.05, 4.69) is 9.71 Å². The minimum absolute atomic E-state index is 0.0808. The summed E-state index contributed by atoms with van der Waals surface area (Å²) in [5.74, 6) is -0.114. The van der Waals surface area contributed by atoms with Gasteiger partial charge in [0, 0.05) is 18.4 Å². The molecule has 0 radical (unpaired) electrons. The minimum Gasteiger partial charge on any atom is -0.330 e. The first-order valence-electron chi connectivity index (χ1n) is 6.60. The molecule has 120 valence electrons. The molecule has 1 N–H and O–H groups in total. The number of sulfonamides is 1. The van der Waals surface area contributed by atoms with Crippen molar-refractivity contribution in [2.24, 2.45) is 4.40 Å². The Morgan fingerprint density at radius 3 is 2.74 bits per heavy atom. The van der Waals surface area contributed by atoms with Crippen molar-refractivity contribution in [2.45, 2.75) is 0 Å². The Bertz CT molecular complexity index is 875. The van der Waals surface area contributed by atoms with Crippen molar-refractivity contribution < 1.29 is 13.2 Å². The van der Waals surface area contributed by atoms with E-state index in [1.807, 2.05) is 0 Å². The zero-order valence-electron chi connectivity index (χ0n) is 11.7. The fraction of sp³-hybridized carbons (Fsp3) is 0.143. The van der Waals surface area contributed by atoms with Crippen molar-refractivity contribution in [2.75, 3.05) is 17.6 Å². The van der Waals surface area contributed by atoms with Gasteiger partial charge in [-0.05, 0) is 30.4 Å². The number of carbonyl (C=O) groups excluding carboxylic acids is 1. The predicted octanol–water partition coefficient (Wildman–Crippen LogP) is 2.43. The molecule has 3 rings (SSSR count). The molecule has 6 nitrogen and oxygen atoms in total. The quantitative estimate of drug-likeness (QED) is 0.865. The summed E-state index contributed by atoms with van der Waals surface area (Å²) in [6.45, 7) is 0.259. The minimum atomic E-state index is -3.41. The summed E-state index contributed by atoms with van der Waals surface area (Å²) < 4.78 is 26.6. The van der Waals surface area contributed by atoms with Crippen LogP contribution >= 0.6 is 23.2 Å². The molecule has 1 aromatic rings. The maximum Gasteiger partial charge on any atom is 0.257 e. The molecule has 0 bridgehead atoms. The molecule has 1 aromatic carbocycles. The molecule has 0 saturated heterocycles. The van der Waals surface area contributed by atoms with Gasteiger partial charge < -0.3 is 10.2 Å². The molecular weight excluding hydrogens is 361 g/mol. The summed E-state index contributed by atoms with van der Waals surface area (Å²) in [6, 6.07) is 4.78. The number of nitrogens with one attached hydrogen (secondary N) is 1. The summed E-state index contributed by atoms with van der Waals surface area (Å²) in [7, 11) is -3.41. The number of carbonyl (C=O) groups is 1. The van der Waals surface area contributed by atoms with E-state index in [-0.39, 0.29) is 18.2 Å². The van der Waals surface area contributed by atoms with Crippen molar-refractivity contribution in [1.82, 2.24) is 4.90 Å². The lowest BCUT2D eigenvalue weighted by Crippen LogP contribution is -2.37. The first-order chi connectivity index (χ1) is 10.8. The van der Waals surface area contributed by atoms with E-state index in [4.69, 9.17) is 23.2 Å². The van der Waals surface area contributed by atoms with Gasteiger partial charge in [0.2, 0.25) is 0 Å². The first kappa shape index (κ1) is 16.0. The monoisotopic (exact) mass is 371 g/mol. The number of hydrogen-bond acceptors (Lipinski definition) is 4. The second-order valence-corrected chi connectivity index (χ2v) is 7.50. The Kier molecular flexibility index (Phi) is 4.18. The fourth-order valence-corrected chi connectivity index (χ4v) is 3.38. The van der Waals surface area contributed by atoms with Gasteiger partial charge in [0.15, 0.2) is 0 Å². The van der Waals surface area contributed by atoms with Crippen LogP contribution in [0.25, 0.3) is 0 Å². The molecule has 0 atom stereocenters. The van der Waals surface area contributed by atoms with Crippen LogP contribution in [0.3, 0.4) is 0 Å². The van der Waals surface area contributed by atoms with E-state index in [1.54, 1.807) is 29.3 Å². The highest BCUT2D eigenvalue weighted by Crippen LogP contribution is 2.25. The van der Waals surface area contributed by atoms with Crippen LogP contribution in [0.1, 0.15) is 0 Å². The molecule has 0 unspecified atom stereocenters. The van der Waals surface area contributed by atoms with Crippen molar-refractivity contribution in [3.05, 3.63) is 52.2 Å². The first-order valence-corrected chi connectivity index (χ1v) is 8.96. The van der Waals surface area contributed by atoms with E-state index in [9.17, 15) is 13.2 Å². The Morgan fingerprint density at radius 1 is 1.22 bits per heavy atom. The van der Waals surface area contributed by atoms with E-state index in [0.29, 0.717) is 27.1 Å². The average molecular weight is 372 g/mol. The van der Waals surface area contributed by atoms with E-state index in [1.165, 1.54) is 12.2 Å². The third kappa shape index (κ3) is 3.57. The predicted molar refractivity (Wildman–Crippen MR) is 90.2 cm³/mol. The Morgan fingerprint density at radius 2 is 2.00 bits per heavy atom. The van der Waals surface area contributed by atoms with Gasteiger partial charge in [0.1, 0.15) is 5.84 Å². The van der Waals surface area contributed by atoms with Crippen molar-refractivity contribution in [3.8, 4) is 0 Å². The van der Waals surface area contributed by atoms with Gasteiger partial charge in [0.25, 0.3) is 15.9 Å². The van der Waals surface area contributed by atoms with Crippen LogP contribution in [0.4, 0.5) is 5.69 Å². The van der Waals surface area contributed by atoms with Crippen LogP contribution in [0, 0.1) is 0 Å². The lowest BCUT2D eigenvalue weighted by atomic mass is 10.1. The fourth-order valence-electron chi connectivity index (χ4n) is 2.11. The lowest BCUT2D eigenvalue weighted by molar-refractivity contribution is -0.112. The van der Waals surface area contributed by atoms with E-state index >= 15 is 0 Å². The number of fused-ring (bicyclic) bond motifs is 1. The Hall–Kier alpha value is -1.83. The van der Waals surface area contributed by atoms with Crippen LogP contribution in [-0.4, -0.2) is 37.4 Å². The highest BCUT2D eigenvalue weighted by molar-refractivity contribution is 7.90. The van der Waals surface area contributed by atoms with Crippen LogP contribution in [0.2, 0.25) is 10.0 Å². The molecule has 0 aromatic heterocycles. The molecule has 2 aliphatic rings. The molecule has 2 aliphatic heterocycles. The average Bonchev–Trinajstić information content (AvgIpc) is 2.49. The molecule has 2 heterocycles. The number of benzene rings is 1. The second-order valence-electron chi connectivity index (χ2n) is 4.93. The second kappa shape index (κ2) is 5.99. The summed E-state index contributed by atoms with van der Waals surface area (Å²) in [4.78, 5) is 13.9. The van der Waals surface area contributed by atoms with E-state index in [0.717, 1.165) is 0 Å². The molecule has 0 saturated carbocycles. The van der Waals surface area contributed by atoms with Crippen molar-refractivity contribution >= 4 is 50.7 Å². The van der Waals surface area contributed by atoms with E-state index < -0.39 is 10.0 Å². The summed E-state index contributed by atoms with van der Waals surface area (Å²) in [5, 5.41) is 3.45. The number of amidine groups is 1. The molecule has 0 fully saturated rings. The topological polar surface area (TPSA) is 78.8 Å². The number of halogens is 2. The zero-order chi connectivity index (χ0) is 16.6. The molecule has 1 amide bonds. The summed E-state index contributed by atoms with van der Waals surface area (Å²) >= 11 is 11.7. The molecule has 0 aliphatic carbocycles. The van der Waals surface area contributed by atoms with Crippen LogP contribution in [-0.2, 0) is 14.8 Å². The molecule has 23 heavy (non-hydrogen) atoms. The van der Waals surface area contributed by atoms with Gasteiger partial charge in [-0.15, -0.1) is 4.40 Å². The summed E-state index contributed by atoms with van der Waals surface area (Å²) in [5.41, 5.74) is 0.897. The number of nitrogens with zero attached hydrogens (tertiary/aromatic N) is 2. The van der Waals surface area contributed by atoms with Crippen LogP contribution in [0.5, 0.6) is 0 Å². The highest BCUT2D eigenvalue weighted by atomic mass is 35.5. The Balaban J connectivity index is 1.78. The third-order valence-electron chi connectivity index (χ3n) is 3.26. The third-order valence-corrected chi connectivity index (χ3v) is 5.17. The molecule has 0 spiro atoms. The SMILES string of the molecule is O=C(Nc1ccc(Cl)c(Cl)c1)C1=CN2CCS(=O)(=O)N=C2C=C1. The van der Waals surface area contributed by atoms with Gasteiger partial charge in [-0.2, -0.15) is 0 Å². The smallest absolute Gasteiger partial charge is 0.257 e. The maximum absolute atomic E-state index is 12.3. The zero-order valence-corrected chi connectivity index (χ0v) is 14.0. The number of amides is 1. The standard InChI is InChI=1S/C14H11Cl2N3O3S/c15-11-3-2-10(7-12(11)16)17-14(20)9-1-4-13-18-23(21,22)6-5-19(13)8-9/h1-4,7-8H,5-6H2,(H,17,20). The van der Waals surface area contributed by atoms with Crippen molar-refractivity contribution in [1.29, 1.82) is 0 Å². The van der Waals surface area contributed by atoms with Gasteiger partial charge in [-0.1, -0.05) is 23.2 Å². The Labute approximate surface area is 143 Å². The lowest BCUT2D eigenvalue weighted by Gasteiger charge is -2.26. The van der Waals surface area contributed by atoms with Crippen molar-refractivity contribution in [3.63, 3.8) is 0 Å². The highest BCUT2D eigenvalue weighted by Gasteiger charge is 2.25. The molecule has 9 heteroatoms. The van der Waals surface area contributed by atoms with Crippen LogP contribution in [0.15, 0.2) is 46.5 Å². The summed E-state index contributed by atoms with van der Waals surface area (Å²) in [6.07, 6.45) is 4.59. The van der Waals surface area contributed by atoms with Gasteiger partial charge in [-0.25, -0.2) is 8.42 Å². The van der Waals surface area contributed by atoms with Gasteiger partial charge >= 0.3 is 0 Å². The van der Waals surface area contributed by atoms with Gasteiger partial charge in [0.05, 0.1) is 21.4 Å². The van der Waals surface area contributed by atoms with Gasteiger partial charge in [-0.3, -0.25) is 4.79 Å². The normalized spacial score (nSPS) is 18.8. The van der Waals surface area contributed by atoms with Crippen LogP contribution < -0.4 is 5.32 Å².